The highest BCUT2D eigenvalue weighted by molar-refractivity contribution is 8.00. The summed E-state index contributed by atoms with van der Waals surface area (Å²) in [5, 5.41) is 0. The fourth-order valence-electron chi connectivity index (χ4n) is 3.46. The first-order valence-corrected chi connectivity index (χ1v) is 7.24. The summed E-state index contributed by atoms with van der Waals surface area (Å²) < 4.78 is 36.2. The summed E-state index contributed by atoms with van der Waals surface area (Å²) >= 11 is 6.12. The molecule has 0 aliphatic heterocycles. The van der Waals surface area contributed by atoms with Crippen molar-refractivity contribution in [3.05, 3.63) is 0 Å². The van der Waals surface area contributed by atoms with Gasteiger partial charge in [-0.2, -0.15) is 13.2 Å². The Labute approximate surface area is 103 Å². The molecule has 0 aromatic rings. The summed E-state index contributed by atoms with van der Waals surface area (Å²) in [4.78, 5) is 0. The maximum Gasteiger partial charge on any atom is 0.441 e. The van der Waals surface area contributed by atoms with E-state index in [0.717, 1.165) is 12.3 Å². The van der Waals surface area contributed by atoms with E-state index in [9.17, 15) is 13.2 Å². The van der Waals surface area contributed by atoms with Crippen LogP contribution in [0.2, 0.25) is 0 Å². The SMILES string of the molecule is FC(F)(F)SCCC1(CCl)CC2CCC1C2. The molecule has 0 nitrogen and oxygen atoms in total. The second-order valence-electron chi connectivity index (χ2n) is 5.12. The van der Waals surface area contributed by atoms with Crippen LogP contribution in [0.25, 0.3) is 0 Å². The smallest absolute Gasteiger partial charge is 0.160 e. The highest BCUT2D eigenvalue weighted by Crippen LogP contribution is 2.58. The number of hydrogen-bond donors (Lipinski definition) is 0. The van der Waals surface area contributed by atoms with Crippen molar-refractivity contribution in [1.29, 1.82) is 0 Å². The number of fused-ring (bicyclic) bond motifs is 2. The molecule has 3 unspecified atom stereocenters. The normalized spacial score (nSPS) is 38.2. The number of thioether (sulfide) groups is 1. The Hall–Kier alpha value is 0.430. The van der Waals surface area contributed by atoms with Gasteiger partial charge < -0.3 is 0 Å². The summed E-state index contributed by atoms with van der Waals surface area (Å²) in [5.41, 5.74) is -4.08. The van der Waals surface area contributed by atoms with Crippen molar-refractivity contribution in [3.63, 3.8) is 0 Å². The molecule has 0 saturated heterocycles. The van der Waals surface area contributed by atoms with Crippen LogP contribution in [0.1, 0.15) is 32.1 Å². The second kappa shape index (κ2) is 4.60. The molecule has 2 rings (SSSR count). The van der Waals surface area contributed by atoms with Gasteiger partial charge in [0, 0.05) is 11.6 Å². The Morgan fingerprint density at radius 1 is 1.31 bits per heavy atom. The topological polar surface area (TPSA) is 0 Å². The molecule has 94 valence electrons. The Morgan fingerprint density at radius 3 is 2.50 bits per heavy atom. The van der Waals surface area contributed by atoms with Crippen LogP contribution in [0.5, 0.6) is 0 Å². The molecule has 0 aromatic heterocycles. The van der Waals surface area contributed by atoms with E-state index in [4.69, 9.17) is 11.6 Å². The fraction of sp³-hybridized carbons (Fsp3) is 1.00. The molecule has 0 amide bonds. The average Bonchev–Trinajstić information content (AvgIpc) is 2.75. The van der Waals surface area contributed by atoms with Crippen molar-refractivity contribution in [2.75, 3.05) is 11.6 Å². The van der Waals surface area contributed by atoms with Crippen molar-refractivity contribution in [2.24, 2.45) is 17.3 Å². The molecule has 3 atom stereocenters. The number of alkyl halides is 4. The van der Waals surface area contributed by atoms with Crippen LogP contribution in [-0.4, -0.2) is 17.1 Å². The van der Waals surface area contributed by atoms with E-state index in [-0.39, 0.29) is 22.9 Å². The van der Waals surface area contributed by atoms with Crippen molar-refractivity contribution < 1.29 is 13.2 Å². The van der Waals surface area contributed by atoms with Crippen molar-refractivity contribution in [1.82, 2.24) is 0 Å². The maximum atomic E-state index is 12.1. The fourth-order valence-corrected chi connectivity index (χ4v) is 4.67. The van der Waals surface area contributed by atoms with Crippen LogP contribution >= 0.6 is 23.4 Å². The molecule has 0 radical (unpaired) electrons. The van der Waals surface area contributed by atoms with E-state index in [1.54, 1.807) is 0 Å². The van der Waals surface area contributed by atoms with E-state index in [1.165, 1.54) is 19.3 Å². The number of halogens is 4. The predicted molar refractivity (Wildman–Crippen MR) is 61.7 cm³/mol. The monoisotopic (exact) mass is 272 g/mol. The highest BCUT2D eigenvalue weighted by Gasteiger charge is 2.50. The lowest BCUT2D eigenvalue weighted by molar-refractivity contribution is -0.0329. The quantitative estimate of drug-likeness (QED) is 0.670. The van der Waals surface area contributed by atoms with Gasteiger partial charge in [-0.1, -0.05) is 18.2 Å². The third-order valence-corrected chi connectivity index (χ3v) is 5.50. The largest absolute Gasteiger partial charge is 0.441 e. The molecule has 2 saturated carbocycles. The average molecular weight is 273 g/mol. The van der Waals surface area contributed by atoms with Gasteiger partial charge in [-0.05, 0) is 42.9 Å². The van der Waals surface area contributed by atoms with Crippen molar-refractivity contribution in [3.8, 4) is 0 Å². The summed E-state index contributed by atoms with van der Waals surface area (Å²) in [7, 11) is 0. The van der Waals surface area contributed by atoms with E-state index < -0.39 is 5.51 Å². The molecule has 2 fully saturated rings. The minimum Gasteiger partial charge on any atom is -0.160 e. The van der Waals surface area contributed by atoms with E-state index in [0.29, 0.717) is 18.2 Å². The van der Waals surface area contributed by atoms with E-state index >= 15 is 0 Å². The Kier molecular flexibility index (Phi) is 3.70. The van der Waals surface area contributed by atoms with Crippen LogP contribution in [0.3, 0.4) is 0 Å². The van der Waals surface area contributed by atoms with Gasteiger partial charge >= 0.3 is 5.51 Å². The molecule has 2 bridgehead atoms. The molecular weight excluding hydrogens is 257 g/mol. The van der Waals surface area contributed by atoms with Gasteiger partial charge in [-0.3, -0.25) is 0 Å². The summed E-state index contributed by atoms with van der Waals surface area (Å²) in [5.74, 6) is 2.02. The van der Waals surface area contributed by atoms with Crippen LogP contribution in [0.4, 0.5) is 13.2 Å². The van der Waals surface area contributed by atoms with Gasteiger partial charge in [0.15, 0.2) is 0 Å². The zero-order valence-corrected chi connectivity index (χ0v) is 10.6. The summed E-state index contributed by atoms with van der Waals surface area (Å²) in [6, 6.07) is 0. The van der Waals surface area contributed by atoms with Crippen molar-refractivity contribution >= 4 is 23.4 Å². The van der Waals surface area contributed by atoms with E-state index in [1.807, 2.05) is 0 Å². The minimum atomic E-state index is -4.09. The molecular formula is C11H16ClF3S. The molecule has 0 aromatic carbocycles. The van der Waals surface area contributed by atoms with Crippen LogP contribution in [0, 0.1) is 17.3 Å². The lowest BCUT2D eigenvalue weighted by Crippen LogP contribution is -2.30. The standard InChI is InChI=1S/C11H16ClF3S/c12-7-10(3-4-16-11(13,14)15)6-8-1-2-9(10)5-8/h8-9H,1-7H2. The molecule has 5 heteroatoms. The Morgan fingerprint density at radius 2 is 2.06 bits per heavy atom. The lowest BCUT2D eigenvalue weighted by Gasteiger charge is -2.36. The summed E-state index contributed by atoms with van der Waals surface area (Å²) in [6.07, 6.45) is 5.31. The molecule has 2 aliphatic carbocycles. The van der Waals surface area contributed by atoms with Crippen LogP contribution in [-0.2, 0) is 0 Å². The van der Waals surface area contributed by atoms with Gasteiger partial charge in [-0.15, -0.1) is 11.6 Å². The molecule has 16 heavy (non-hydrogen) atoms. The number of rotatable bonds is 4. The van der Waals surface area contributed by atoms with Crippen LogP contribution < -0.4 is 0 Å². The van der Waals surface area contributed by atoms with Crippen LogP contribution in [0.15, 0.2) is 0 Å². The molecule has 0 heterocycles. The van der Waals surface area contributed by atoms with Gasteiger partial charge in [0.1, 0.15) is 0 Å². The third-order valence-electron chi connectivity index (χ3n) is 4.23. The van der Waals surface area contributed by atoms with E-state index in [2.05, 4.69) is 0 Å². The first kappa shape index (κ1) is 12.9. The Bertz CT molecular complexity index is 256. The summed E-state index contributed by atoms with van der Waals surface area (Å²) in [6.45, 7) is 0. The zero-order chi connectivity index (χ0) is 11.8. The predicted octanol–water partition coefficient (Wildman–Crippen LogP) is 4.67. The second-order valence-corrected chi connectivity index (χ2v) is 6.55. The number of hydrogen-bond acceptors (Lipinski definition) is 1. The molecule has 2 aliphatic rings. The Balaban J connectivity index is 1.87. The molecule has 0 N–H and O–H groups in total. The zero-order valence-electron chi connectivity index (χ0n) is 9.02. The van der Waals surface area contributed by atoms with Gasteiger partial charge in [0.05, 0.1) is 0 Å². The first-order valence-electron chi connectivity index (χ1n) is 5.72. The van der Waals surface area contributed by atoms with Gasteiger partial charge in [-0.25, -0.2) is 0 Å². The highest BCUT2D eigenvalue weighted by atomic mass is 35.5. The van der Waals surface area contributed by atoms with Gasteiger partial charge in [0.25, 0.3) is 0 Å². The first-order chi connectivity index (χ1) is 7.45. The van der Waals surface area contributed by atoms with Gasteiger partial charge in [0.2, 0.25) is 0 Å². The lowest BCUT2D eigenvalue weighted by atomic mass is 9.73. The van der Waals surface area contributed by atoms with Crippen molar-refractivity contribution in [2.45, 2.75) is 37.6 Å². The molecule has 0 spiro atoms. The third kappa shape index (κ3) is 2.63. The maximum absolute atomic E-state index is 12.1. The minimum absolute atomic E-state index is 0.0166.